The molecule has 1 heterocycles. The molecule has 3 rings (SSSR count). The maximum Gasteiger partial charge on any atom is 0.272 e. The summed E-state index contributed by atoms with van der Waals surface area (Å²) in [5.74, 6) is -0.434. The Labute approximate surface area is 119 Å². The van der Waals surface area contributed by atoms with Crippen LogP contribution in [0, 0.1) is 12.7 Å². The monoisotopic (exact) mass is 284 g/mol. The van der Waals surface area contributed by atoms with Crippen LogP contribution in [0.1, 0.15) is 5.56 Å². The van der Waals surface area contributed by atoms with Gasteiger partial charge in [-0.3, -0.25) is 4.79 Å². The van der Waals surface area contributed by atoms with Crippen molar-refractivity contribution in [3.8, 4) is 11.3 Å². The lowest BCUT2D eigenvalue weighted by molar-refractivity contribution is 0.629. The van der Waals surface area contributed by atoms with Gasteiger partial charge in [0.25, 0.3) is 5.56 Å². The van der Waals surface area contributed by atoms with Gasteiger partial charge in [0, 0.05) is 10.9 Å². The maximum atomic E-state index is 13.5. The number of nitrogens with zero attached hydrogens (tertiary/aromatic N) is 1. The molecule has 1 aromatic heterocycles. The number of nitrogens with two attached hydrogens (primary N) is 2. The summed E-state index contributed by atoms with van der Waals surface area (Å²) in [7, 11) is 0. The van der Waals surface area contributed by atoms with Gasteiger partial charge in [0.1, 0.15) is 5.82 Å². The zero-order valence-corrected chi connectivity index (χ0v) is 11.3. The van der Waals surface area contributed by atoms with Crippen LogP contribution in [0.2, 0.25) is 0 Å². The van der Waals surface area contributed by atoms with Crippen LogP contribution in [-0.2, 0) is 0 Å². The van der Waals surface area contributed by atoms with E-state index in [1.165, 1.54) is 18.2 Å². The molecule has 0 unspecified atom stereocenters. The third-order valence-electron chi connectivity index (χ3n) is 3.44. The Bertz CT molecular complexity index is 894. The van der Waals surface area contributed by atoms with E-state index in [0.717, 1.165) is 5.56 Å². The number of aryl methyl sites for hydroxylation is 1. The Morgan fingerprint density at radius 3 is 2.62 bits per heavy atom. The van der Waals surface area contributed by atoms with Crippen LogP contribution >= 0.6 is 0 Å². The van der Waals surface area contributed by atoms with Crippen LogP contribution < -0.4 is 17.0 Å². The summed E-state index contributed by atoms with van der Waals surface area (Å²) < 4.78 is 13.5. The highest BCUT2D eigenvalue weighted by Crippen LogP contribution is 2.30. The molecule has 0 fully saturated rings. The van der Waals surface area contributed by atoms with E-state index in [1.807, 2.05) is 6.92 Å². The van der Waals surface area contributed by atoms with E-state index in [2.05, 4.69) is 10.2 Å². The van der Waals surface area contributed by atoms with Gasteiger partial charge in [-0.25, -0.2) is 9.49 Å². The van der Waals surface area contributed by atoms with E-state index in [1.54, 1.807) is 12.1 Å². The summed E-state index contributed by atoms with van der Waals surface area (Å²) in [6, 6.07) is 7.42. The van der Waals surface area contributed by atoms with Crippen LogP contribution in [0.4, 0.5) is 15.8 Å². The first-order valence-corrected chi connectivity index (χ1v) is 6.31. The van der Waals surface area contributed by atoms with Crippen molar-refractivity contribution < 1.29 is 4.39 Å². The molecule has 6 heteroatoms. The summed E-state index contributed by atoms with van der Waals surface area (Å²) in [4.78, 5) is 11.8. The lowest BCUT2D eigenvalue weighted by Gasteiger charge is -2.10. The van der Waals surface area contributed by atoms with Crippen molar-refractivity contribution in [3.63, 3.8) is 0 Å². The summed E-state index contributed by atoms with van der Waals surface area (Å²) >= 11 is 0. The van der Waals surface area contributed by atoms with Crippen molar-refractivity contribution in [1.82, 2.24) is 10.2 Å². The Kier molecular flexibility index (Phi) is 2.86. The van der Waals surface area contributed by atoms with Crippen molar-refractivity contribution in [1.29, 1.82) is 0 Å². The second-order valence-electron chi connectivity index (χ2n) is 4.89. The molecule has 5 N–H and O–H groups in total. The third-order valence-corrected chi connectivity index (χ3v) is 3.44. The average molecular weight is 284 g/mol. The topological polar surface area (TPSA) is 97.8 Å². The molecule has 5 nitrogen and oxygen atoms in total. The average Bonchev–Trinajstić information content (AvgIpc) is 2.44. The molecule has 0 saturated carbocycles. The number of rotatable bonds is 1. The summed E-state index contributed by atoms with van der Waals surface area (Å²) in [5, 5.41) is 7.25. The number of hydrogen-bond donors (Lipinski definition) is 3. The first-order chi connectivity index (χ1) is 9.97. The predicted octanol–water partition coefficient (Wildman–Crippen LogP) is 2.20. The number of aromatic nitrogens is 2. The van der Waals surface area contributed by atoms with Gasteiger partial charge in [-0.05, 0) is 42.8 Å². The molecule has 0 aliphatic carbocycles. The summed E-state index contributed by atoms with van der Waals surface area (Å²) in [5.41, 5.74) is 14.2. The first kappa shape index (κ1) is 13.1. The Morgan fingerprint density at radius 1 is 1.14 bits per heavy atom. The molecule has 2 aromatic carbocycles. The summed E-state index contributed by atoms with van der Waals surface area (Å²) in [6.45, 7) is 1.82. The molecule has 0 saturated heterocycles. The minimum Gasteiger partial charge on any atom is -0.397 e. The lowest BCUT2D eigenvalue weighted by atomic mass is 10.0. The van der Waals surface area contributed by atoms with Crippen molar-refractivity contribution >= 4 is 22.1 Å². The Balaban J connectivity index is 2.38. The molecule has 0 radical (unpaired) electrons. The predicted molar refractivity (Wildman–Crippen MR) is 81.3 cm³/mol. The fraction of sp³-hybridized carbons (Fsp3) is 0.0667. The van der Waals surface area contributed by atoms with Crippen molar-refractivity contribution in [3.05, 3.63) is 52.1 Å². The number of aromatic amines is 1. The second kappa shape index (κ2) is 4.59. The normalized spacial score (nSPS) is 11.0. The largest absolute Gasteiger partial charge is 0.397 e. The lowest BCUT2D eigenvalue weighted by Crippen LogP contribution is -2.10. The fourth-order valence-corrected chi connectivity index (χ4v) is 2.32. The Morgan fingerprint density at radius 2 is 1.90 bits per heavy atom. The molecule has 0 aliphatic rings. The van der Waals surface area contributed by atoms with Crippen LogP contribution in [0.25, 0.3) is 22.0 Å². The maximum absolute atomic E-state index is 13.5. The number of anilines is 2. The molecule has 3 aromatic rings. The number of halogens is 1. The van der Waals surface area contributed by atoms with E-state index < -0.39 is 5.82 Å². The van der Waals surface area contributed by atoms with Gasteiger partial charge in [-0.1, -0.05) is 0 Å². The molecule has 106 valence electrons. The molecule has 0 bridgehead atoms. The minimum atomic E-state index is -0.434. The molecule has 0 atom stereocenters. The molecule has 0 amide bonds. The van der Waals surface area contributed by atoms with Crippen molar-refractivity contribution in [2.45, 2.75) is 6.92 Å². The zero-order valence-electron chi connectivity index (χ0n) is 11.3. The van der Waals surface area contributed by atoms with E-state index in [0.29, 0.717) is 33.4 Å². The van der Waals surface area contributed by atoms with Crippen LogP contribution in [0.3, 0.4) is 0 Å². The van der Waals surface area contributed by atoms with Crippen LogP contribution in [0.5, 0.6) is 0 Å². The number of nitrogen functional groups attached to an aromatic ring is 2. The van der Waals surface area contributed by atoms with E-state index in [9.17, 15) is 9.18 Å². The van der Waals surface area contributed by atoms with Gasteiger partial charge in [0.15, 0.2) is 0 Å². The highest BCUT2D eigenvalue weighted by Gasteiger charge is 2.12. The van der Waals surface area contributed by atoms with Gasteiger partial charge < -0.3 is 11.5 Å². The number of hydrogen-bond acceptors (Lipinski definition) is 4. The SMILES string of the molecule is Cc1cc(-c2n[nH]c(=O)c3ccc(F)cc23)cc(N)c1N. The second-order valence-corrected chi connectivity index (χ2v) is 4.89. The molecular formula is C15H13FN4O. The molecular weight excluding hydrogens is 271 g/mol. The molecule has 21 heavy (non-hydrogen) atoms. The van der Waals surface area contributed by atoms with Gasteiger partial charge in [-0.2, -0.15) is 5.10 Å². The smallest absolute Gasteiger partial charge is 0.272 e. The highest BCUT2D eigenvalue weighted by molar-refractivity contribution is 5.95. The summed E-state index contributed by atoms with van der Waals surface area (Å²) in [6.07, 6.45) is 0. The van der Waals surface area contributed by atoms with Gasteiger partial charge in [0.05, 0.1) is 22.5 Å². The van der Waals surface area contributed by atoms with Crippen LogP contribution in [-0.4, -0.2) is 10.2 Å². The van der Waals surface area contributed by atoms with Crippen LogP contribution in [0.15, 0.2) is 35.1 Å². The standard InChI is InChI=1S/C15H13FN4O/c1-7-4-8(5-12(17)13(7)18)14-11-6-9(16)2-3-10(11)15(21)20-19-14/h2-6H,17-18H2,1H3,(H,20,21). The van der Waals surface area contributed by atoms with Gasteiger partial charge in [-0.15, -0.1) is 0 Å². The van der Waals surface area contributed by atoms with Gasteiger partial charge in [0.2, 0.25) is 0 Å². The Hall–Kier alpha value is -2.89. The third kappa shape index (κ3) is 2.10. The quantitative estimate of drug-likeness (QED) is 0.597. The first-order valence-electron chi connectivity index (χ1n) is 6.31. The van der Waals surface area contributed by atoms with E-state index in [4.69, 9.17) is 11.5 Å². The van der Waals surface area contributed by atoms with E-state index >= 15 is 0 Å². The van der Waals surface area contributed by atoms with Gasteiger partial charge >= 0.3 is 0 Å². The molecule has 0 spiro atoms. The number of H-pyrrole nitrogens is 1. The number of benzene rings is 2. The fourth-order valence-electron chi connectivity index (χ4n) is 2.32. The minimum absolute atomic E-state index is 0.367. The highest BCUT2D eigenvalue weighted by atomic mass is 19.1. The van der Waals surface area contributed by atoms with E-state index in [-0.39, 0.29) is 5.56 Å². The van der Waals surface area contributed by atoms with Crippen molar-refractivity contribution in [2.24, 2.45) is 0 Å². The van der Waals surface area contributed by atoms with Crippen molar-refractivity contribution in [2.75, 3.05) is 11.5 Å². The molecule has 0 aliphatic heterocycles. The zero-order chi connectivity index (χ0) is 15.1. The number of fused-ring (bicyclic) bond motifs is 1. The number of nitrogens with one attached hydrogen (secondary N) is 1.